The minimum atomic E-state index is -0.656. The number of allylic oxidation sites excluding steroid dienone is 3. The third kappa shape index (κ3) is 5.00. The van der Waals surface area contributed by atoms with Gasteiger partial charge in [-0.15, -0.1) is 0 Å². The molecule has 0 bridgehead atoms. The average molecular weight is 541 g/mol. The van der Waals surface area contributed by atoms with Crippen molar-refractivity contribution in [3.63, 3.8) is 0 Å². The third-order valence-electron chi connectivity index (χ3n) is 7.51. The van der Waals surface area contributed by atoms with Crippen molar-refractivity contribution in [2.24, 2.45) is 0 Å². The van der Waals surface area contributed by atoms with E-state index in [4.69, 9.17) is 14.2 Å². The van der Waals surface area contributed by atoms with Gasteiger partial charge in [-0.3, -0.25) is 9.59 Å². The molecule has 1 amide bonds. The maximum atomic E-state index is 13.9. The number of nitrogens with one attached hydrogen (secondary N) is 2. The van der Waals surface area contributed by atoms with E-state index in [-0.39, 0.29) is 29.8 Å². The molecule has 0 saturated carbocycles. The molecule has 0 unspecified atom stereocenters. The van der Waals surface area contributed by atoms with Crippen LogP contribution in [0.25, 0.3) is 0 Å². The summed E-state index contributed by atoms with van der Waals surface area (Å²) < 4.78 is 16.3. The summed E-state index contributed by atoms with van der Waals surface area (Å²) in [7, 11) is 4.71. The van der Waals surface area contributed by atoms with Crippen LogP contribution in [0.2, 0.25) is 0 Å². The van der Waals surface area contributed by atoms with Gasteiger partial charge in [0, 0.05) is 34.9 Å². The number of phenols is 1. The van der Waals surface area contributed by atoms with E-state index in [1.54, 1.807) is 51.7 Å². The monoisotopic (exact) mass is 540 g/mol. The fourth-order valence-electron chi connectivity index (χ4n) is 5.66. The molecule has 206 valence electrons. The molecule has 1 aliphatic carbocycles. The lowest BCUT2D eigenvalue weighted by Gasteiger charge is -2.37. The Morgan fingerprint density at radius 2 is 1.62 bits per heavy atom. The largest absolute Gasteiger partial charge is 0.508 e. The second-order valence-electron chi connectivity index (χ2n) is 9.88. The number of aromatic hydroxyl groups is 1. The van der Waals surface area contributed by atoms with Gasteiger partial charge in [-0.05, 0) is 66.8 Å². The van der Waals surface area contributed by atoms with Gasteiger partial charge in [0.1, 0.15) is 11.5 Å². The van der Waals surface area contributed by atoms with Gasteiger partial charge >= 0.3 is 0 Å². The molecular formula is C32H32N2O6. The summed E-state index contributed by atoms with van der Waals surface area (Å²) in [6.07, 6.45) is 0.844. The average Bonchev–Trinajstić information content (AvgIpc) is 2.96. The van der Waals surface area contributed by atoms with Gasteiger partial charge in [0.2, 0.25) is 0 Å². The van der Waals surface area contributed by atoms with Crippen molar-refractivity contribution in [3.05, 3.63) is 100 Å². The Balaban J connectivity index is 1.55. The van der Waals surface area contributed by atoms with Crippen LogP contribution in [0.1, 0.15) is 42.7 Å². The van der Waals surface area contributed by atoms with E-state index in [0.717, 1.165) is 11.3 Å². The maximum absolute atomic E-state index is 13.9. The topological polar surface area (TPSA) is 106 Å². The fourth-order valence-corrected chi connectivity index (χ4v) is 5.66. The normalized spacial score (nSPS) is 18.6. The number of methoxy groups -OCH3 is 3. The van der Waals surface area contributed by atoms with Crippen molar-refractivity contribution in [2.75, 3.05) is 26.6 Å². The number of amides is 1. The van der Waals surface area contributed by atoms with E-state index >= 15 is 0 Å². The minimum Gasteiger partial charge on any atom is -0.508 e. The first-order chi connectivity index (χ1) is 19.3. The lowest BCUT2D eigenvalue weighted by atomic mass is 9.71. The van der Waals surface area contributed by atoms with Gasteiger partial charge in [-0.2, -0.15) is 0 Å². The zero-order valence-corrected chi connectivity index (χ0v) is 22.9. The molecule has 40 heavy (non-hydrogen) atoms. The Bertz CT molecular complexity index is 1540. The van der Waals surface area contributed by atoms with Gasteiger partial charge < -0.3 is 30.0 Å². The number of anilines is 1. The number of carbonyl (C=O) groups is 2. The summed E-state index contributed by atoms with van der Waals surface area (Å²) >= 11 is 0. The number of rotatable bonds is 7. The molecule has 0 fully saturated rings. The fraction of sp³-hybridized carbons (Fsp3) is 0.250. The SMILES string of the molecule is COc1ccccc1NC(=O)C1=C(C)NC2=C(C(=O)C[C@@H](c3ccc(OC)c(OC)c3)C2)[C@@H]1c1cccc(O)c1. The van der Waals surface area contributed by atoms with Crippen molar-refractivity contribution in [1.82, 2.24) is 5.32 Å². The molecule has 2 aliphatic rings. The number of para-hydroxylation sites is 2. The number of ether oxygens (including phenoxy) is 3. The molecule has 1 heterocycles. The first-order valence-electron chi connectivity index (χ1n) is 13.0. The van der Waals surface area contributed by atoms with Gasteiger partial charge in [-0.1, -0.05) is 30.3 Å². The van der Waals surface area contributed by atoms with Crippen molar-refractivity contribution in [3.8, 4) is 23.0 Å². The lowest BCUT2D eigenvalue weighted by molar-refractivity contribution is -0.116. The van der Waals surface area contributed by atoms with E-state index in [0.29, 0.717) is 51.8 Å². The second-order valence-corrected chi connectivity index (χ2v) is 9.88. The molecule has 0 saturated heterocycles. The van der Waals surface area contributed by atoms with Crippen LogP contribution in [0.15, 0.2) is 89.3 Å². The molecule has 0 spiro atoms. The van der Waals surface area contributed by atoms with Crippen LogP contribution in [0, 0.1) is 0 Å². The smallest absolute Gasteiger partial charge is 0.254 e. The lowest BCUT2D eigenvalue weighted by Crippen LogP contribution is -2.37. The Morgan fingerprint density at radius 3 is 2.35 bits per heavy atom. The first kappa shape index (κ1) is 26.9. The summed E-state index contributed by atoms with van der Waals surface area (Å²) in [6.45, 7) is 1.83. The molecule has 3 N–H and O–H groups in total. The number of dihydropyridines is 1. The van der Waals surface area contributed by atoms with Crippen LogP contribution in [-0.2, 0) is 9.59 Å². The summed E-state index contributed by atoms with van der Waals surface area (Å²) in [6, 6.07) is 19.6. The Labute approximate surface area is 233 Å². The number of phenolic OH excluding ortho intramolecular Hbond substituents is 1. The summed E-state index contributed by atoms with van der Waals surface area (Å²) in [5.41, 5.74) is 4.52. The van der Waals surface area contributed by atoms with Crippen LogP contribution in [0.4, 0.5) is 5.69 Å². The van der Waals surface area contributed by atoms with Gasteiger partial charge in [0.05, 0.1) is 27.0 Å². The highest BCUT2D eigenvalue weighted by Crippen LogP contribution is 2.47. The molecule has 8 heteroatoms. The van der Waals surface area contributed by atoms with Gasteiger partial charge in [-0.25, -0.2) is 0 Å². The van der Waals surface area contributed by atoms with Crippen LogP contribution < -0.4 is 24.8 Å². The van der Waals surface area contributed by atoms with Crippen LogP contribution in [0.3, 0.4) is 0 Å². The standard InChI is InChI=1S/C32H32N2O6/c1-18-29(32(37)34-23-10-5-6-11-26(23)38-2)30(20-8-7-9-22(35)14-20)31-24(33-18)15-21(16-25(31)36)19-12-13-27(39-3)28(17-19)40-4/h5-14,17,21,30,33,35H,15-16H2,1-4H3,(H,34,37)/t21-,30+/m0/s1. The molecule has 3 aromatic rings. The van der Waals surface area contributed by atoms with Gasteiger partial charge in [0.25, 0.3) is 5.91 Å². The minimum absolute atomic E-state index is 0.0584. The third-order valence-corrected chi connectivity index (χ3v) is 7.51. The number of benzene rings is 3. The van der Waals surface area contributed by atoms with E-state index in [2.05, 4.69) is 10.6 Å². The first-order valence-corrected chi connectivity index (χ1v) is 13.0. The van der Waals surface area contributed by atoms with Crippen molar-refractivity contribution in [1.29, 1.82) is 0 Å². The van der Waals surface area contributed by atoms with Crippen LogP contribution in [0.5, 0.6) is 23.0 Å². The number of Topliss-reactive ketones (excluding diaryl/α,β-unsaturated/α-hetero) is 1. The number of ketones is 1. The van der Waals surface area contributed by atoms with Crippen molar-refractivity contribution < 1.29 is 28.9 Å². The molecular weight excluding hydrogens is 508 g/mol. The molecule has 2 atom stereocenters. The second kappa shape index (κ2) is 11.2. The van der Waals surface area contributed by atoms with E-state index in [1.165, 1.54) is 0 Å². The van der Waals surface area contributed by atoms with E-state index in [1.807, 2.05) is 43.3 Å². The Kier molecular flexibility index (Phi) is 7.51. The number of carbonyl (C=O) groups excluding carboxylic acids is 2. The molecule has 5 rings (SSSR count). The molecule has 3 aromatic carbocycles. The number of hydrogen-bond donors (Lipinski definition) is 3. The molecule has 0 radical (unpaired) electrons. The van der Waals surface area contributed by atoms with Crippen molar-refractivity contribution >= 4 is 17.4 Å². The van der Waals surface area contributed by atoms with Crippen LogP contribution >= 0.6 is 0 Å². The summed E-state index contributed by atoms with van der Waals surface area (Å²) in [4.78, 5) is 27.7. The van der Waals surface area contributed by atoms with E-state index in [9.17, 15) is 14.7 Å². The van der Waals surface area contributed by atoms with E-state index < -0.39 is 5.92 Å². The highest BCUT2D eigenvalue weighted by atomic mass is 16.5. The zero-order chi connectivity index (χ0) is 28.4. The Morgan fingerprint density at radius 1 is 0.875 bits per heavy atom. The zero-order valence-electron chi connectivity index (χ0n) is 22.9. The Hall–Kier alpha value is -4.72. The molecule has 1 aliphatic heterocycles. The number of hydrogen-bond acceptors (Lipinski definition) is 7. The highest BCUT2D eigenvalue weighted by Gasteiger charge is 2.41. The predicted octanol–water partition coefficient (Wildman–Crippen LogP) is 5.42. The maximum Gasteiger partial charge on any atom is 0.254 e. The predicted molar refractivity (Wildman–Crippen MR) is 152 cm³/mol. The van der Waals surface area contributed by atoms with Gasteiger partial charge in [0.15, 0.2) is 17.3 Å². The highest BCUT2D eigenvalue weighted by molar-refractivity contribution is 6.10. The van der Waals surface area contributed by atoms with Crippen molar-refractivity contribution in [2.45, 2.75) is 31.6 Å². The van der Waals surface area contributed by atoms with Crippen LogP contribution in [-0.4, -0.2) is 38.1 Å². The quantitative estimate of drug-likeness (QED) is 0.368. The summed E-state index contributed by atoms with van der Waals surface area (Å²) in [5, 5.41) is 16.7. The molecule has 0 aromatic heterocycles. The summed E-state index contributed by atoms with van der Waals surface area (Å²) in [5.74, 6) is 0.661. The molecule has 8 nitrogen and oxygen atoms in total.